The zero-order valence-corrected chi connectivity index (χ0v) is 21.5. The van der Waals surface area contributed by atoms with Crippen LogP contribution in [0.25, 0.3) is 6.08 Å². The van der Waals surface area contributed by atoms with Gasteiger partial charge in [-0.25, -0.2) is 9.79 Å². The lowest BCUT2D eigenvalue weighted by Crippen LogP contribution is -2.40. The standard InChI is InChI=1S/C27H26N2O6S/c1-14(2)35-26(31)23-16(4)28-27-29(24(23)17-6-8-19(32-5)9-7-17)25(30)22(36-27)12-18-11-21-20(10-15(18)3)33-13-34-21/h6-12,14,24H,13H2,1-5H3. The summed E-state index contributed by atoms with van der Waals surface area (Å²) in [6.07, 6.45) is 1.52. The number of allylic oxidation sites excluding steroid dienone is 1. The van der Waals surface area contributed by atoms with Crippen molar-refractivity contribution in [2.24, 2.45) is 4.99 Å². The number of rotatable bonds is 5. The Balaban J connectivity index is 1.69. The summed E-state index contributed by atoms with van der Waals surface area (Å²) >= 11 is 1.28. The molecular weight excluding hydrogens is 480 g/mol. The second kappa shape index (κ2) is 9.31. The normalized spacial score (nSPS) is 16.7. The summed E-state index contributed by atoms with van der Waals surface area (Å²) in [5.74, 6) is 1.52. The van der Waals surface area contributed by atoms with Gasteiger partial charge in [0.1, 0.15) is 5.75 Å². The Hall–Kier alpha value is -3.85. The molecule has 0 aliphatic carbocycles. The maximum Gasteiger partial charge on any atom is 0.338 e. The van der Waals surface area contributed by atoms with E-state index in [4.69, 9.17) is 18.9 Å². The first kappa shape index (κ1) is 23.9. The number of esters is 1. The topological polar surface area (TPSA) is 88.4 Å². The van der Waals surface area contributed by atoms with Gasteiger partial charge in [-0.1, -0.05) is 23.5 Å². The summed E-state index contributed by atoms with van der Waals surface area (Å²) in [6.45, 7) is 7.48. The van der Waals surface area contributed by atoms with Gasteiger partial charge >= 0.3 is 5.97 Å². The first-order valence-corrected chi connectivity index (χ1v) is 12.4. The smallest absolute Gasteiger partial charge is 0.338 e. The number of methoxy groups -OCH3 is 1. The fraction of sp³-hybridized carbons (Fsp3) is 0.296. The number of hydrogen-bond donors (Lipinski definition) is 0. The van der Waals surface area contributed by atoms with E-state index >= 15 is 0 Å². The van der Waals surface area contributed by atoms with E-state index in [2.05, 4.69) is 4.99 Å². The van der Waals surface area contributed by atoms with Crippen LogP contribution in [0.1, 0.15) is 43.5 Å². The highest BCUT2D eigenvalue weighted by molar-refractivity contribution is 7.07. The molecule has 2 aromatic carbocycles. The van der Waals surface area contributed by atoms with Crippen molar-refractivity contribution in [3.05, 3.63) is 84.0 Å². The number of aromatic nitrogens is 1. The predicted octanol–water partition coefficient (Wildman–Crippen LogP) is 3.23. The average Bonchev–Trinajstić information content (AvgIpc) is 3.41. The van der Waals surface area contributed by atoms with Gasteiger partial charge in [0.15, 0.2) is 16.3 Å². The summed E-state index contributed by atoms with van der Waals surface area (Å²) in [5.41, 5.74) is 3.18. The summed E-state index contributed by atoms with van der Waals surface area (Å²) in [4.78, 5) is 32.1. The maximum absolute atomic E-state index is 13.8. The Morgan fingerprint density at radius 3 is 2.53 bits per heavy atom. The number of ether oxygens (including phenoxy) is 4. The summed E-state index contributed by atoms with van der Waals surface area (Å²) < 4.78 is 23.9. The van der Waals surface area contributed by atoms with Gasteiger partial charge in [0.25, 0.3) is 5.56 Å². The SMILES string of the molecule is COc1ccc(C2C(C(=O)OC(C)C)=C(C)N=c3sc(=Cc4cc5c(cc4C)OCO5)c(=O)n32)cc1. The van der Waals surface area contributed by atoms with E-state index in [1.807, 2.05) is 49.4 Å². The fourth-order valence-corrected chi connectivity index (χ4v) is 5.36. The quantitative estimate of drug-likeness (QED) is 0.494. The van der Waals surface area contributed by atoms with Crippen LogP contribution >= 0.6 is 11.3 Å². The molecule has 36 heavy (non-hydrogen) atoms. The molecule has 0 bridgehead atoms. The number of fused-ring (bicyclic) bond motifs is 2. The third-order valence-corrected chi connectivity index (χ3v) is 7.05. The Bertz CT molecular complexity index is 1560. The van der Waals surface area contributed by atoms with Gasteiger partial charge in [-0.15, -0.1) is 0 Å². The number of benzene rings is 2. The Labute approximate surface area is 211 Å². The van der Waals surface area contributed by atoms with E-state index in [-0.39, 0.29) is 18.5 Å². The molecule has 186 valence electrons. The van der Waals surface area contributed by atoms with Crippen LogP contribution in [0.5, 0.6) is 17.2 Å². The molecule has 1 unspecified atom stereocenters. The molecule has 0 radical (unpaired) electrons. The van der Waals surface area contributed by atoms with Gasteiger partial charge < -0.3 is 18.9 Å². The zero-order valence-electron chi connectivity index (χ0n) is 20.7. The van der Waals surface area contributed by atoms with Crippen LogP contribution in [-0.2, 0) is 9.53 Å². The van der Waals surface area contributed by atoms with Crippen LogP contribution in [0.2, 0.25) is 0 Å². The van der Waals surface area contributed by atoms with E-state index in [0.717, 1.165) is 16.7 Å². The highest BCUT2D eigenvalue weighted by Crippen LogP contribution is 2.35. The van der Waals surface area contributed by atoms with E-state index in [1.54, 1.807) is 32.4 Å². The molecule has 3 aromatic rings. The maximum atomic E-state index is 13.8. The second-order valence-electron chi connectivity index (χ2n) is 8.87. The average molecular weight is 507 g/mol. The summed E-state index contributed by atoms with van der Waals surface area (Å²) in [7, 11) is 1.59. The number of carbonyl (C=O) groups is 1. The van der Waals surface area contributed by atoms with Crippen LogP contribution in [-0.4, -0.2) is 30.5 Å². The van der Waals surface area contributed by atoms with Crippen molar-refractivity contribution in [1.29, 1.82) is 0 Å². The second-order valence-corrected chi connectivity index (χ2v) is 9.88. The molecular formula is C27H26N2O6S. The molecule has 0 spiro atoms. The molecule has 0 saturated heterocycles. The van der Waals surface area contributed by atoms with Gasteiger partial charge in [-0.3, -0.25) is 9.36 Å². The Morgan fingerprint density at radius 2 is 1.86 bits per heavy atom. The van der Waals surface area contributed by atoms with Crippen molar-refractivity contribution in [3.8, 4) is 17.2 Å². The first-order chi connectivity index (χ1) is 17.3. The molecule has 1 atom stereocenters. The minimum Gasteiger partial charge on any atom is -0.497 e. The molecule has 3 heterocycles. The lowest BCUT2D eigenvalue weighted by atomic mass is 9.96. The van der Waals surface area contributed by atoms with Crippen LogP contribution in [0.4, 0.5) is 0 Å². The molecule has 0 saturated carbocycles. The third-order valence-electron chi connectivity index (χ3n) is 6.06. The summed E-state index contributed by atoms with van der Waals surface area (Å²) in [6, 6.07) is 10.4. The van der Waals surface area contributed by atoms with Crippen molar-refractivity contribution in [2.75, 3.05) is 13.9 Å². The van der Waals surface area contributed by atoms with Crippen molar-refractivity contribution in [1.82, 2.24) is 4.57 Å². The number of thiazole rings is 1. The molecule has 0 N–H and O–H groups in total. The molecule has 0 fully saturated rings. The van der Waals surface area contributed by atoms with E-state index in [1.165, 1.54) is 11.3 Å². The highest BCUT2D eigenvalue weighted by Gasteiger charge is 2.33. The third kappa shape index (κ3) is 4.19. The lowest BCUT2D eigenvalue weighted by molar-refractivity contribution is -0.143. The van der Waals surface area contributed by atoms with Gasteiger partial charge in [0, 0.05) is 0 Å². The lowest BCUT2D eigenvalue weighted by Gasteiger charge is -2.25. The number of carbonyl (C=O) groups excluding carboxylic acids is 1. The molecule has 9 heteroatoms. The van der Waals surface area contributed by atoms with Crippen LogP contribution in [0, 0.1) is 6.92 Å². The molecule has 5 rings (SSSR count). The van der Waals surface area contributed by atoms with E-state index < -0.39 is 12.0 Å². The van der Waals surface area contributed by atoms with Crippen molar-refractivity contribution < 1.29 is 23.7 Å². The van der Waals surface area contributed by atoms with Crippen LogP contribution < -0.4 is 29.1 Å². The molecule has 1 aromatic heterocycles. The molecule has 2 aliphatic heterocycles. The molecule has 8 nitrogen and oxygen atoms in total. The highest BCUT2D eigenvalue weighted by atomic mass is 32.1. The fourth-order valence-electron chi connectivity index (χ4n) is 4.32. The van der Waals surface area contributed by atoms with E-state index in [0.29, 0.717) is 37.9 Å². The minimum absolute atomic E-state index is 0.177. The van der Waals surface area contributed by atoms with Crippen LogP contribution in [0.3, 0.4) is 0 Å². The number of hydrogen-bond acceptors (Lipinski definition) is 8. The van der Waals surface area contributed by atoms with Crippen LogP contribution in [0.15, 0.2) is 57.5 Å². The minimum atomic E-state index is -0.682. The Morgan fingerprint density at radius 1 is 1.17 bits per heavy atom. The van der Waals surface area contributed by atoms with Crippen molar-refractivity contribution in [3.63, 3.8) is 0 Å². The summed E-state index contributed by atoms with van der Waals surface area (Å²) in [5, 5.41) is 0. The van der Waals surface area contributed by atoms with Crippen molar-refractivity contribution in [2.45, 2.75) is 39.8 Å². The monoisotopic (exact) mass is 506 g/mol. The Kier molecular flexibility index (Phi) is 6.17. The van der Waals surface area contributed by atoms with Gasteiger partial charge in [-0.2, -0.15) is 0 Å². The van der Waals surface area contributed by atoms with E-state index in [9.17, 15) is 9.59 Å². The first-order valence-electron chi connectivity index (χ1n) is 11.5. The zero-order chi connectivity index (χ0) is 25.6. The molecule has 0 amide bonds. The van der Waals surface area contributed by atoms with Gasteiger partial charge in [0.05, 0.1) is 35.1 Å². The predicted molar refractivity (Wildman–Crippen MR) is 135 cm³/mol. The van der Waals surface area contributed by atoms with Gasteiger partial charge in [-0.05, 0) is 74.7 Å². The molecule has 2 aliphatic rings. The number of nitrogens with zero attached hydrogens (tertiary/aromatic N) is 2. The largest absolute Gasteiger partial charge is 0.497 e. The van der Waals surface area contributed by atoms with Crippen molar-refractivity contribution >= 4 is 23.4 Å². The number of aryl methyl sites for hydroxylation is 1. The van der Waals surface area contributed by atoms with Gasteiger partial charge in [0.2, 0.25) is 6.79 Å².